The zero-order chi connectivity index (χ0) is 20.0. The van der Waals surface area contributed by atoms with Crippen LogP contribution in [0.25, 0.3) is 0 Å². The van der Waals surface area contributed by atoms with Crippen LogP contribution in [0.1, 0.15) is 20.8 Å². The lowest BCUT2D eigenvalue weighted by Gasteiger charge is -2.24. The molecular formula is C14H21N3O9. The highest BCUT2D eigenvalue weighted by Crippen LogP contribution is 2.26. The van der Waals surface area contributed by atoms with Crippen molar-refractivity contribution < 1.29 is 42.9 Å². The molecule has 0 saturated carbocycles. The van der Waals surface area contributed by atoms with E-state index in [2.05, 4.69) is 5.32 Å². The Morgan fingerprint density at radius 3 is 2.00 bits per heavy atom. The van der Waals surface area contributed by atoms with Gasteiger partial charge in [-0.25, -0.2) is 0 Å². The quantitative estimate of drug-likeness (QED) is 0.236. The van der Waals surface area contributed by atoms with E-state index in [1.54, 1.807) is 0 Å². The number of primary amides is 1. The maximum Gasteiger partial charge on any atom is 0.303 e. The molecule has 26 heavy (non-hydrogen) atoms. The van der Waals surface area contributed by atoms with Gasteiger partial charge in [-0.15, -0.1) is 0 Å². The molecule has 1 fully saturated rings. The van der Waals surface area contributed by atoms with Gasteiger partial charge in [0, 0.05) is 20.8 Å². The molecule has 12 nitrogen and oxygen atoms in total. The lowest BCUT2D eigenvalue weighted by molar-refractivity contribution is -0.166. The van der Waals surface area contributed by atoms with Crippen molar-refractivity contribution in [2.45, 2.75) is 51.4 Å². The normalized spacial score (nSPS) is 25.7. The smallest absolute Gasteiger partial charge is 0.303 e. The molecule has 1 aliphatic heterocycles. The SMILES string of the molecule is CC(=O)OC[C@H]1O[C@@H](NC(=O)C(N)C(N)=O)[C@H](OC(C)=O)[C@@H]1OC(C)=O. The minimum atomic E-state index is -1.67. The molecule has 5 N–H and O–H groups in total. The van der Waals surface area contributed by atoms with Gasteiger partial charge in [-0.05, 0) is 0 Å². The zero-order valence-electron chi connectivity index (χ0n) is 14.4. The fourth-order valence-electron chi connectivity index (χ4n) is 2.19. The Labute approximate surface area is 148 Å². The average Bonchev–Trinajstić information content (AvgIpc) is 2.80. The van der Waals surface area contributed by atoms with Crippen LogP contribution in [0.4, 0.5) is 0 Å². The third-order valence-electron chi connectivity index (χ3n) is 3.24. The Morgan fingerprint density at radius 2 is 1.54 bits per heavy atom. The summed E-state index contributed by atoms with van der Waals surface area (Å²) in [6.07, 6.45) is -4.80. The van der Waals surface area contributed by atoms with Crippen LogP contribution < -0.4 is 16.8 Å². The number of ether oxygens (including phenoxy) is 4. The molecule has 146 valence electrons. The first-order chi connectivity index (χ1) is 12.0. The van der Waals surface area contributed by atoms with Crippen molar-refractivity contribution in [1.82, 2.24) is 5.32 Å². The van der Waals surface area contributed by atoms with E-state index >= 15 is 0 Å². The molecule has 1 heterocycles. The number of hydrogen-bond donors (Lipinski definition) is 3. The van der Waals surface area contributed by atoms with Gasteiger partial charge in [-0.1, -0.05) is 0 Å². The largest absolute Gasteiger partial charge is 0.463 e. The molecule has 5 atom stereocenters. The molecule has 0 spiro atoms. The van der Waals surface area contributed by atoms with Gasteiger partial charge in [0.15, 0.2) is 24.5 Å². The van der Waals surface area contributed by atoms with E-state index in [0.717, 1.165) is 20.8 Å². The monoisotopic (exact) mass is 375 g/mol. The highest BCUT2D eigenvalue weighted by Gasteiger charge is 2.50. The lowest BCUT2D eigenvalue weighted by Crippen LogP contribution is -2.55. The van der Waals surface area contributed by atoms with Gasteiger partial charge in [0.1, 0.15) is 12.7 Å². The summed E-state index contributed by atoms with van der Waals surface area (Å²) in [5.74, 6) is -4.17. The Kier molecular flexibility index (Phi) is 7.46. The first-order valence-electron chi connectivity index (χ1n) is 7.51. The van der Waals surface area contributed by atoms with E-state index in [0.29, 0.717) is 0 Å². The van der Waals surface area contributed by atoms with Crippen molar-refractivity contribution in [1.29, 1.82) is 0 Å². The van der Waals surface area contributed by atoms with Gasteiger partial charge in [0.05, 0.1) is 0 Å². The van der Waals surface area contributed by atoms with Crippen LogP contribution >= 0.6 is 0 Å². The standard InChI is InChI=1S/C14H21N3O9/c1-5(18)23-4-8-10(24-6(2)19)11(25-7(3)20)14(26-8)17-13(22)9(15)12(16)21/h8-11,14H,4,15H2,1-3H3,(H2,16,21)(H,17,22)/t8-,9?,10-,11-,14-/m1/s1. The summed E-state index contributed by atoms with van der Waals surface area (Å²) in [5.41, 5.74) is 10.3. The Bertz CT molecular complexity index is 594. The number of rotatable bonds is 7. The summed E-state index contributed by atoms with van der Waals surface area (Å²) in [6.45, 7) is 3.03. The summed E-state index contributed by atoms with van der Waals surface area (Å²) in [6, 6.07) is -1.67. The lowest BCUT2D eigenvalue weighted by atomic mass is 10.1. The maximum atomic E-state index is 11.9. The van der Waals surface area contributed by atoms with Crippen LogP contribution in [-0.2, 0) is 42.9 Å². The number of hydrogen-bond acceptors (Lipinski definition) is 10. The molecule has 2 amide bonds. The number of amides is 2. The molecule has 1 saturated heterocycles. The Morgan fingerprint density at radius 1 is 1.00 bits per heavy atom. The second kappa shape index (κ2) is 9.10. The van der Waals surface area contributed by atoms with Gasteiger partial charge in [-0.2, -0.15) is 0 Å². The van der Waals surface area contributed by atoms with Gasteiger partial charge >= 0.3 is 17.9 Å². The minimum absolute atomic E-state index is 0.334. The first-order valence-corrected chi connectivity index (χ1v) is 7.51. The summed E-state index contributed by atoms with van der Waals surface area (Å²) in [5, 5.41) is 2.24. The average molecular weight is 375 g/mol. The first kappa shape index (κ1) is 21.3. The molecule has 0 bridgehead atoms. The minimum Gasteiger partial charge on any atom is -0.463 e. The van der Waals surface area contributed by atoms with Crippen molar-refractivity contribution in [3.8, 4) is 0 Å². The second-order valence-electron chi connectivity index (χ2n) is 5.43. The predicted octanol–water partition coefficient (Wildman–Crippen LogP) is -2.93. The van der Waals surface area contributed by atoms with Crippen molar-refractivity contribution in [2.24, 2.45) is 11.5 Å². The van der Waals surface area contributed by atoms with Crippen molar-refractivity contribution in [2.75, 3.05) is 6.61 Å². The highest BCUT2D eigenvalue weighted by molar-refractivity contribution is 6.03. The van der Waals surface area contributed by atoms with Crippen molar-refractivity contribution in [3.05, 3.63) is 0 Å². The molecule has 1 rings (SSSR count). The summed E-state index contributed by atoms with van der Waals surface area (Å²) < 4.78 is 20.4. The molecule has 0 aromatic rings. The van der Waals surface area contributed by atoms with Crippen LogP contribution in [0.2, 0.25) is 0 Å². The number of nitrogens with two attached hydrogens (primary N) is 2. The van der Waals surface area contributed by atoms with E-state index < -0.39 is 60.3 Å². The van der Waals surface area contributed by atoms with E-state index in [-0.39, 0.29) is 6.61 Å². The number of carbonyl (C=O) groups is 5. The molecule has 1 unspecified atom stereocenters. The number of carbonyl (C=O) groups excluding carboxylic acids is 5. The Balaban J connectivity index is 3.02. The van der Waals surface area contributed by atoms with E-state index in [1.165, 1.54) is 0 Å². The van der Waals surface area contributed by atoms with Crippen LogP contribution in [-0.4, -0.2) is 66.9 Å². The van der Waals surface area contributed by atoms with E-state index in [4.69, 9.17) is 30.4 Å². The predicted molar refractivity (Wildman–Crippen MR) is 81.7 cm³/mol. The van der Waals surface area contributed by atoms with Crippen LogP contribution in [0.3, 0.4) is 0 Å². The highest BCUT2D eigenvalue weighted by atomic mass is 16.7. The van der Waals surface area contributed by atoms with Gasteiger partial charge in [-0.3, -0.25) is 24.0 Å². The van der Waals surface area contributed by atoms with Crippen LogP contribution in [0, 0.1) is 0 Å². The van der Waals surface area contributed by atoms with Crippen LogP contribution in [0.15, 0.2) is 0 Å². The van der Waals surface area contributed by atoms with E-state index in [9.17, 15) is 24.0 Å². The third kappa shape index (κ3) is 5.97. The van der Waals surface area contributed by atoms with Crippen molar-refractivity contribution in [3.63, 3.8) is 0 Å². The van der Waals surface area contributed by atoms with Crippen LogP contribution in [0.5, 0.6) is 0 Å². The molecular weight excluding hydrogens is 354 g/mol. The Hall–Kier alpha value is -2.73. The van der Waals surface area contributed by atoms with Crippen molar-refractivity contribution >= 4 is 29.7 Å². The summed E-state index contributed by atoms with van der Waals surface area (Å²) >= 11 is 0. The number of esters is 3. The molecule has 0 aromatic heterocycles. The fourth-order valence-corrected chi connectivity index (χ4v) is 2.19. The van der Waals surface area contributed by atoms with Gasteiger partial charge in [0.2, 0.25) is 11.8 Å². The topological polar surface area (TPSA) is 186 Å². The second-order valence-corrected chi connectivity index (χ2v) is 5.43. The summed E-state index contributed by atoms with van der Waals surface area (Å²) in [4.78, 5) is 56.6. The third-order valence-corrected chi connectivity index (χ3v) is 3.24. The molecule has 0 radical (unpaired) electrons. The maximum absolute atomic E-state index is 11.9. The summed E-state index contributed by atoms with van der Waals surface area (Å²) in [7, 11) is 0. The molecule has 0 aliphatic carbocycles. The van der Waals surface area contributed by atoms with E-state index in [1.807, 2.05) is 0 Å². The molecule has 1 aliphatic rings. The number of nitrogens with one attached hydrogen (secondary N) is 1. The zero-order valence-corrected chi connectivity index (χ0v) is 14.4. The van der Waals surface area contributed by atoms with Gasteiger partial charge in [0.25, 0.3) is 0 Å². The molecule has 12 heteroatoms. The molecule has 0 aromatic carbocycles. The van der Waals surface area contributed by atoms with Gasteiger partial charge < -0.3 is 35.7 Å². The fraction of sp³-hybridized carbons (Fsp3) is 0.643.